The second-order valence-electron chi connectivity index (χ2n) is 10.2. The van der Waals surface area contributed by atoms with Crippen LogP contribution in [0.1, 0.15) is 77.5 Å². The summed E-state index contributed by atoms with van der Waals surface area (Å²) in [4.78, 5) is 18.4. The van der Waals surface area contributed by atoms with Gasteiger partial charge in [0.05, 0.1) is 11.4 Å². The van der Waals surface area contributed by atoms with Gasteiger partial charge >= 0.3 is 0 Å². The lowest BCUT2D eigenvalue weighted by molar-refractivity contribution is 0.510. The zero-order valence-corrected chi connectivity index (χ0v) is 24.7. The van der Waals surface area contributed by atoms with Crippen molar-refractivity contribution in [2.45, 2.75) is 91.3 Å². The highest BCUT2D eigenvalue weighted by Crippen LogP contribution is 2.33. The normalized spacial score (nSPS) is 12.2. The van der Waals surface area contributed by atoms with Crippen LogP contribution in [-0.4, -0.2) is 23.4 Å². The maximum absolute atomic E-state index is 13.5. The number of rotatable bonds is 14. The van der Waals surface area contributed by atoms with Crippen LogP contribution in [0.2, 0.25) is 18.1 Å². The van der Waals surface area contributed by atoms with Gasteiger partial charge in [0.2, 0.25) is 0 Å². The highest BCUT2D eigenvalue weighted by Gasteiger charge is 2.35. The molecule has 1 heterocycles. The Morgan fingerprint density at radius 3 is 1.97 bits per heavy atom. The lowest BCUT2D eigenvalue weighted by Gasteiger charge is -2.33. The lowest BCUT2D eigenvalue weighted by Crippen LogP contribution is -2.42. The summed E-state index contributed by atoms with van der Waals surface area (Å²) in [6.45, 7) is 10.8. The van der Waals surface area contributed by atoms with E-state index in [1.807, 2.05) is 62.0 Å². The molecule has 0 aliphatic heterocycles. The van der Waals surface area contributed by atoms with Gasteiger partial charge < -0.3 is 4.43 Å². The van der Waals surface area contributed by atoms with Gasteiger partial charge in [-0.15, -0.1) is 0 Å². The van der Waals surface area contributed by atoms with Crippen molar-refractivity contribution in [3.05, 3.63) is 76.2 Å². The Morgan fingerprint density at radius 2 is 1.41 bits per heavy atom. The van der Waals surface area contributed by atoms with Gasteiger partial charge in [-0.25, -0.2) is 9.67 Å². The van der Waals surface area contributed by atoms with Gasteiger partial charge in [-0.2, -0.15) is 0 Å². The summed E-state index contributed by atoms with van der Waals surface area (Å²) in [6, 6.07) is 21.6. The molecule has 0 aliphatic carbocycles. The molecule has 0 atom stereocenters. The first kappa shape index (κ1) is 28.7. The standard InChI is InChI=1S/C31H45N3O2Si/c1-7-10-22-37(23-11-8-2,24-12-9-3)36-29-21-17-16-20-28(29)25(4)32-30-26(5)33(6)34(31(30)35)27-18-14-13-15-19-27/h13-21H,7-12,22-24H2,1-6H3. The third-order valence-electron chi connectivity index (χ3n) is 7.36. The largest absolute Gasteiger partial charge is 0.543 e. The van der Waals surface area contributed by atoms with Crippen molar-refractivity contribution in [3.63, 3.8) is 0 Å². The lowest BCUT2D eigenvalue weighted by atomic mass is 10.1. The molecule has 200 valence electrons. The van der Waals surface area contributed by atoms with Crippen LogP contribution in [0.3, 0.4) is 0 Å². The fourth-order valence-electron chi connectivity index (χ4n) is 5.02. The monoisotopic (exact) mass is 519 g/mol. The Morgan fingerprint density at radius 1 is 0.865 bits per heavy atom. The van der Waals surface area contributed by atoms with Gasteiger partial charge in [-0.3, -0.25) is 9.48 Å². The van der Waals surface area contributed by atoms with Crippen molar-refractivity contribution in [3.8, 4) is 11.4 Å². The highest BCUT2D eigenvalue weighted by molar-refractivity contribution is 6.74. The molecular weight excluding hydrogens is 474 g/mol. The number of para-hydroxylation sites is 2. The Kier molecular flexibility index (Phi) is 10.6. The smallest absolute Gasteiger partial charge is 0.297 e. The van der Waals surface area contributed by atoms with Crippen molar-refractivity contribution in [1.82, 2.24) is 9.36 Å². The molecule has 3 aromatic rings. The molecule has 3 rings (SSSR count). The topological polar surface area (TPSA) is 48.5 Å². The minimum absolute atomic E-state index is 0.110. The van der Waals surface area contributed by atoms with E-state index in [0.29, 0.717) is 5.69 Å². The molecule has 2 aromatic carbocycles. The molecule has 0 N–H and O–H groups in total. The molecule has 1 aromatic heterocycles. The van der Waals surface area contributed by atoms with Gasteiger partial charge in [-0.05, 0) is 56.2 Å². The van der Waals surface area contributed by atoms with Gasteiger partial charge in [0.25, 0.3) is 13.9 Å². The fourth-order valence-corrected chi connectivity index (χ4v) is 9.72. The second-order valence-corrected chi connectivity index (χ2v) is 14.3. The molecule has 37 heavy (non-hydrogen) atoms. The number of aromatic nitrogens is 2. The molecule has 0 saturated heterocycles. The molecule has 0 fully saturated rings. The van der Waals surface area contributed by atoms with Crippen LogP contribution in [0.25, 0.3) is 5.69 Å². The SMILES string of the molecule is CCCC[Si](CCCC)(CCCC)Oc1ccccc1C(C)=Nc1c(C)n(C)n(-c2ccccc2)c1=O. The molecule has 5 nitrogen and oxygen atoms in total. The highest BCUT2D eigenvalue weighted by atomic mass is 28.4. The van der Waals surface area contributed by atoms with Crippen LogP contribution < -0.4 is 9.99 Å². The van der Waals surface area contributed by atoms with E-state index in [4.69, 9.17) is 9.42 Å². The van der Waals surface area contributed by atoms with Crippen LogP contribution in [0.15, 0.2) is 64.4 Å². The number of benzene rings is 2. The first-order valence-electron chi connectivity index (χ1n) is 14.0. The summed E-state index contributed by atoms with van der Waals surface area (Å²) in [6.07, 6.45) is 7.24. The van der Waals surface area contributed by atoms with Crippen LogP contribution >= 0.6 is 0 Å². The summed E-state index contributed by atoms with van der Waals surface area (Å²) in [5.41, 5.74) is 3.83. The number of nitrogens with zero attached hydrogens (tertiary/aromatic N) is 3. The van der Waals surface area contributed by atoms with E-state index in [9.17, 15) is 4.79 Å². The zero-order valence-electron chi connectivity index (χ0n) is 23.7. The Hall–Kier alpha value is -2.86. The number of hydrogen-bond acceptors (Lipinski definition) is 3. The van der Waals surface area contributed by atoms with E-state index in [-0.39, 0.29) is 5.56 Å². The third-order valence-corrected chi connectivity index (χ3v) is 11.8. The minimum Gasteiger partial charge on any atom is -0.543 e. The summed E-state index contributed by atoms with van der Waals surface area (Å²) < 4.78 is 10.7. The Bertz CT molecular complexity index is 1210. The van der Waals surface area contributed by atoms with Crippen LogP contribution in [0.4, 0.5) is 5.69 Å². The van der Waals surface area contributed by atoms with Crippen LogP contribution in [-0.2, 0) is 7.05 Å². The summed E-state index contributed by atoms with van der Waals surface area (Å²) in [5.74, 6) is 0.927. The Balaban J connectivity index is 2.03. The van der Waals surface area contributed by atoms with E-state index < -0.39 is 8.32 Å². The summed E-state index contributed by atoms with van der Waals surface area (Å²) >= 11 is 0. The van der Waals surface area contributed by atoms with E-state index in [1.54, 1.807) is 4.68 Å². The van der Waals surface area contributed by atoms with Crippen molar-refractivity contribution < 1.29 is 4.43 Å². The first-order chi connectivity index (χ1) is 17.9. The third kappa shape index (κ3) is 6.92. The molecule has 0 aliphatic rings. The van der Waals surface area contributed by atoms with E-state index >= 15 is 0 Å². The maximum Gasteiger partial charge on any atom is 0.297 e. The molecule has 0 bridgehead atoms. The first-order valence-corrected chi connectivity index (χ1v) is 16.6. The van der Waals surface area contributed by atoms with E-state index in [0.717, 1.165) is 28.4 Å². The fraction of sp³-hybridized carbons (Fsp3) is 0.484. The van der Waals surface area contributed by atoms with Crippen LogP contribution in [0, 0.1) is 6.92 Å². The molecule has 0 radical (unpaired) electrons. The van der Waals surface area contributed by atoms with Crippen LogP contribution in [0.5, 0.6) is 5.75 Å². The van der Waals surface area contributed by atoms with Gasteiger partial charge in [0.15, 0.2) is 5.69 Å². The molecule has 0 spiro atoms. The van der Waals surface area contributed by atoms with Gasteiger partial charge in [-0.1, -0.05) is 89.6 Å². The zero-order chi connectivity index (χ0) is 26.8. The second kappa shape index (κ2) is 13.6. The molecule has 6 heteroatoms. The van der Waals surface area contributed by atoms with Crippen molar-refractivity contribution in [2.75, 3.05) is 0 Å². The molecular formula is C31H45N3O2Si. The average molecular weight is 520 g/mol. The maximum atomic E-state index is 13.5. The van der Waals surface area contributed by atoms with Crippen molar-refractivity contribution in [2.24, 2.45) is 12.0 Å². The number of aliphatic imine (C=N–C) groups is 1. The summed E-state index contributed by atoms with van der Waals surface area (Å²) in [5, 5.41) is 0. The van der Waals surface area contributed by atoms with E-state index in [2.05, 4.69) is 39.0 Å². The van der Waals surface area contributed by atoms with Crippen molar-refractivity contribution >= 4 is 19.7 Å². The summed E-state index contributed by atoms with van der Waals surface area (Å²) in [7, 11) is -0.0572. The number of hydrogen-bond donors (Lipinski definition) is 0. The van der Waals surface area contributed by atoms with E-state index in [1.165, 1.54) is 56.7 Å². The molecule has 0 unspecified atom stereocenters. The predicted molar refractivity (Wildman–Crippen MR) is 160 cm³/mol. The van der Waals surface area contributed by atoms with Gasteiger partial charge in [0.1, 0.15) is 5.75 Å². The average Bonchev–Trinajstić information content (AvgIpc) is 3.13. The minimum atomic E-state index is -1.96. The number of unbranched alkanes of at least 4 members (excludes halogenated alkanes) is 3. The van der Waals surface area contributed by atoms with Gasteiger partial charge in [0, 0.05) is 18.3 Å². The molecule has 0 saturated carbocycles. The van der Waals surface area contributed by atoms with Crippen molar-refractivity contribution in [1.29, 1.82) is 0 Å². The quantitative estimate of drug-likeness (QED) is 0.159. The predicted octanol–water partition coefficient (Wildman–Crippen LogP) is 8.35. The Labute approximate surface area is 224 Å². The molecule has 0 amide bonds.